The lowest BCUT2D eigenvalue weighted by Crippen LogP contribution is -2.01. The summed E-state index contributed by atoms with van der Waals surface area (Å²) in [5.41, 5.74) is 6.21. The van der Waals surface area contributed by atoms with Gasteiger partial charge >= 0.3 is 0 Å². The number of halogens is 1. The van der Waals surface area contributed by atoms with Crippen molar-refractivity contribution in [1.29, 1.82) is 0 Å². The third kappa shape index (κ3) is 2.43. The van der Waals surface area contributed by atoms with Gasteiger partial charge < -0.3 is 5.73 Å². The van der Waals surface area contributed by atoms with Crippen molar-refractivity contribution in [3.05, 3.63) is 35.9 Å². The number of nitrogens with two attached hydrogens (primary N) is 1. The third-order valence-corrected chi connectivity index (χ3v) is 2.25. The molecule has 0 saturated heterocycles. The maximum absolute atomic E-state index is 12.7. The summed E-state index contributed by atoms with van der Waals surface area (Å²) < 4.78 is 12.7. The topological polar surface area (TPSA) is 67.6 Å². The van der Waals surface area contributed by atoms with Crippen LogP contribution in [-0.2, 0) is 6.42 Å². The summed E-state index contributed by atoms with van der Waals surface area (Å²) in [6.07, 6.45) is 1.66. The SMILES string of the molecule is NCCCc1nc(-c2ccc(F)cc2)n[nH]1. The molecule has 2 rings (SSSR count). The first-order chi connectivity index (χ1) is 7.79. The van der Waals surface area contributed by atoms with Gasteiger partial charge in [0.2, 0.25) is 0 Å². The smallest absolute Gasteiger partial charge is 0.181 e. The molecule has 0 bridgehead atoms. The summed E-state index contributed by atoms with van der Waals surface area (Å²) >= 11 is 0. The second-order valence-corrected chi connectivity index (χ2v) is 3.50. The fraction of sp³-hybridized carbons (Fsp3) is 0.273. The number of benzene rings is 1. The first-order valence-corrected chi connectivity index (χ1v) is 5.17. The highest BCUT2D eigenvalue weighted by atomic mass is 19.1. The largest absolute Gasteiger partial charge is 0.330 e. The van der Waals surface area contributed by atoms with Gasteiger partial charge in [0, 0.05) is 12.0 Å². The molecule has 16 heavy (non-hydrogen) atoms. The molecule has 0 saturated carbocycles. The Morgan fingerprint density at radius 1 is 1.25 bits per heavy atom. The molecule has 0 unspecified atom stereocenters. The number of nitrogens with zero attached hydrogens (tertiary/aromatic N) is 2. The summed E-state index contributed by atoms with van der Waals surface area (Å²) in [7, 11) is 0. The summed E-state index contributed by atoms with van der Waals surface area (Å²) in [6.45, 7) is 0.632. The van der Waals surface area contributed by atoms with Crippen LogP contribution in [-0.4, -0.2) is 21.7 Å². The van der Waals surface area contributed by atoms with Gasteiger partial charge in [-0.1, -0.05) is 0 Å². The highest BCUT2D eigenvalue weighted by Gasteiger charge is 2.05. The van der Waals surface area contributed by atoms with Gasteiger partial charge in [0.05, 0.1) is 0 Å². The zero-order valence-electron chi connectivity index (χ0n) is 8.78. The van der Waals surface area contributed by atoms with E-state index in [9.17, 15) is 4.39 Å². The molecule has 0 amide bonds. The molecule has 4 nitrogen and oxygen atoms in total. The Kier molecular flexibility index (Phi) is 3.26. The molecular formula is C11H13FN4. The van der Waals surface area contributed by atoms with Gasteiger partial charge in [-0.3, -0.25) is 5.10 Å². The maximum Gasteiger partial charge on any atom is 0.181 e. The van der Waals surface area contributed by atoms with Crippen LogP contribution in [0.4, 0.5) is 4.39 Å². The molecule has 1 aromatic heterocycles. The maximum atomic E-state index is 12.7. The van der Waals surface area contributed by atoms with Crippen molar-refractivity contribution >= 4 is 0 Å². The molecular weight excluding hydrogens is 207 g/mol. The molecule has 2 aromatic rings. The molecule has 0 fully saturated rings. The zero-order chi connectivity index (χ0) is 11.4. The second-order valence-electron chi connectivity index (χ2n) is 3.50. The Hall–Kier alpha value is -1.75. The van der Waals surface area contributed by atoms with E-state index in [1.165, 1.54) is 12.1 Å². The van der Waals surface area contributed by atoms with Crippen molar-refractivity contribution in [2.75, 3.05) is 6.54 Å². The van der Waals surface area contributed by atoms with Gasteiger partial charge in [0.1, 0.15) is 11.6 Å². The summed E-state index contributed by atoms with van der Waals surface area (Å²) in [4.78, 5) is 4.30. The summed E-state index contributed by atoms with van der Waals surface area (Å²) in [5.74, 6) is 1.14. The van der Waals surface area contributed by atoms with E-state index < -0.39 is 0 Å². The van der Waals surface area contributed by atoms with E-state index in [0.29, 0.717) is 12.4 Å². The molecule has 1 heterocycles. The quantitative estimate of drug-likeness (QED) is 0.820. The fourth-order valence-corrected chi connectivity index (χ4v) is 1.40. The molecule has 0 aliphatic heterocycles. The first-order valence-electron chi connectivity index (χ1n) is 5.17. The minimum atomic E-state index is -0.261. The second kappa shape index (κ2) is 4.85. The molecule has 84 valence electrons. The van der Waals surface area contributed by atoms with Crippen LogP contribution in [0, 0.1) is 5.82 Å². The van der Waals surface area contributed by atoms with Crippen LogP contribution < -0.4 is 5.73 Å². The minimum Gasteiger partial charge on any atom is -0.330 e. The number of aromatic nitrogens is 3. The van der Waals surface area contributed by atoms with E-state index in [1.54, 1.807) is 12.1 Å². The van der Waals surface area contributed by atoms with Crippen molar-refractivity contribution in [2.45, 2.75) is 12.8 Å². The van der Waals surface area contributed by atoms with Crippen molar-refractivity contribution in [2.24, 2.45) is 5.73 Å². The Morgan fingerprint density at radius 3 is 2.69 bits per heavy atom. The van der Waals surface area contributed by atoms with Crippen LogP contribution >= 0.6 is 0 Å². The molecule has 0 aliphatic rings. The van der Waals surface area contributed by atoms with Crippen molar-refractivity contribution in [1.82, 2.24) is 15.2 Å². The van der Waals surface area contributed by atoms with Crippen LogP contribution in [0.2, 0.25) is 0 Å². The van der Waals surface area contributed by atoms with Gasteiger partial charge in [0.15, 0.2) is 5.82 Å². The van der Waals surface area contributed by atoms with E-state index in [-0.39, 0.29) is 5.82 Å². The molecule has 3 N–H and O–H groups in total. The number of nitrogens with one attached hydrogen (secondary N) is 1. The predicted molar refractivity (Wildman–Crippen MR) is 59.2 cm³/mol. The Balaban J connectivity index is 2.15. The Morgan fingerprint density at radius 2 is 2.00 bits per heavy atom. The lowest BCUT2D eigenvalue weighted by atomic mass is 10.2. The Bertz CT molecular complexity index is 449. The van der Waals surface area contributed by atoms with Crippen LogP contribution in [0.25, 0.3) is 11.4 Å². The van der Waals surface area contributed by atoms with Crippen molar-refractivity contribution in [3.8, 4) is 11.4 Å². The monoisotopic (exact) mass is 220 g/mol. The van der Waals surface area contributed by atoms with Crippen LogP contribution in [0.3, 0.4) is 0 Å². The number of H-pyrrole nitrogens is 1. The average molecular weight is 220 g/mol. The minimum absolute atomic E-state index is 0.261. The van der Waals surface area contributed by atoms with Gasteiger partial charge in [-0.05, 0) is 37.2 Å². The van der Waals surface area contributed by atoms with E-state index in [1.807, 2.05) is 0 Å². The number of aromatic amines is 1. The van der Waals surface area contributed by atoms with Crippen LogP contribution in [0.1, 0.15) is 12.2 Å². The van der Waals surface area contributed by atoms with E-state index in [0.717, 1.165) is 24.2 Å². The summed E-state index contributed by atoms with van der Waals surface area (Å²) in [6, 6.07) is 6.10. The molecule has 0 aliphatic carbocycles. The van der Waals surface area contributed by atoms with E-state index in [2.05, 4.69) is 15.2 Å². The summed E-state index contributed by atoms with van der Waals surface area (Å²) in [5, 5.41) is 6.91. The average Bonchev–Trinajstić information content (AvgIpc) is 2.76. The highest BCUT2D eigenvalue weighted by Crippen LogP contribution is 2.15. The highest BCUT2D eigenvalue weighted by molar-refractivity contribution is 5.53. The Labute approximate surface area is 92.7 Å². The number of hydrogen-bond donors (Lipinski definition) is 2. The molecule has 5 heteroatoms. The zero-order valence-corrected chi connectivity index (χ0v) is 8.78. The lowest BCUT2D eigenvalue weighted by molar-refractivity contribution is 0.628. The van der Waals surface area contributed by atoms with Crippen molar-refractivity contribution < 1.29 is 4.39 Å². The van der Waals surface area contributed by atoms with Gasteiger partial charge in [-0.25, -0.2) is 9.37 Å². The van der Waals surface area contributed by atoms with Crippen LogP contribution in [0.15, 0.2) is 24.3 Å². The molecule has 0 radical (unpaired) electrons. The van der Waals surface area contributed by atoms with Gasteiger partial charge in [-0.2, -0.15) is 5.10 Å². The fourth-order valence-electron chi connectivity index (χ4n) is 1.40. The molecule has 0 atom stereocenters. The predicted octanol–water partition coefficient (Wildman–Crippen LogP) is 1.50. The van der Waals surface area contributed by atoms with E-state index in [4.69, 9.17) is 5.73 Å². The molecule has 1 aromatic carbocycles. The normalized spacial score (nSPS) is 10.6. The van der Waals surface area contributed by atoms with Gasteiger partial charge in [-0.15, -0.1) is 0 Å². The number of aryl methyl sites for hydroxylation is 1. The number of hydrogen-bond acceptors (Lipinski definition) is 3. The molecule has 0 spiro atoms. The lowest BCUT2D eigenvalue weighted by Gasteiger charge is -1.94. The van der Waals surface area contributed by atoms with Gasteiger partial charge in [0.25, 0.3) is 0 Å². The van der Waals surface area contributed by atoms with Crippen molar-refractivity contribution in [3.63, 3.8) is 0 Å². The standard InChI is InChI=1S/C11H13FN4/c12-9-5-3-8(4-6-9)11-14-10(15-16-11)2-1-7-13/h3-6H,1-2,7,13H2,(H,14,15,16). The first kappa shape index (κ1) is 10.8. The van der Waals surface area contributed by atoms with E-state index >= 15 is 0 Å². The third-order valence-electron chi connectivity index (χ3n) is 2.25. The van der Waals surface area contributed by atoms with Crippen LogP contribution in [0.5, 0.6) is 0 Å². The number of rotatable bonds is 4.